The number of carbonyl (C=O) groups is 2. The van der Waals surface area contributed by atoms with E-state index in [1.165, 1.54) is 19.8 Å². The van der Waals surface area contributed by atoms with Crippen molar-refractivity contribution in [1.82, 2.24) is 9.97 Å². The van der Waals surface area contributed by atoms with Crippen molar-refractivity contribution in [2.24, 2.45) is 0 Å². The van der Waals surface area contributed by atoms with Crippen LogP contribution in [0.4, 0.5) is 0 Å². The zero-order valence-corrected chi connectivity index (χ0v) is 17.2. The molecule has 0 aliphatic heterocycles. The Labute approximate surface area is 171 Å². The molecule has 2 heterocycles. The van der Waals surface area contributed by atoms with Crippen LogP contribution in [0, 0.1) is 0 Å². The van der Waals surface area contributed by atoms with Gasteiger partial charge in [0.2, 0.25) is 0 Å². The first-order valence-corrected chi connectivity index (χ1v) is 9.79. The summed E-state index contributed by atoms with van der Waals surface area (Å²) >= 11 is 1.05. The lowest BCUT2D eigenvalue weighted by Gasteiger charge is -2.13. The lowest BCUT2D eigenvalue weighted by molar-refractivity contribution is -0.908. The quantitative estimate of drug-likeness (QED) is 0.550. The summed E-state index contributed by atoms with van der Waals surface area (Å²) in [5, 5.41) is 0.227. The molecule has 0 fully saturated rings. The van der Waals surface area contributed by atoms with Crippen LogP contribution in [0.15, 0.2) is 35.1 Å². The average molecular weight is 416 g/mol. The Kier molecular flexibility index (Phi) is 6.40. The lowest BCUT2D eigenvalue weighted by atomic mass is 10.1. The number of nitrogens with one attached hydrogen (secondary N) is 2. The van der Waals surface area contributed by atoms with Crippen LogP contribution < -0.4 is 10.5 Å². The number of ether oxygens (including phenoxy) is 2. The van der Waals surface area contributed by atoms with Crippen LogP contribution in [0.1, 0.15) is 26.6 Å². The molecule has 0 bridgehead atoms. The Morgan fingerprint density at radius 2 is 1.86 bits per heavy atom. The summed E-state index contributed by atoms with van der Waals surface area (Å²) in [6.45, 7) is 1.27. The maximum absolute atomic E-state index is 12.8. The second kappa shape index (κ2) is 8.97. The van der Waals surface area contributed by atoms with Gasteiger partial charge in [-0.25, -0.2) is 9.78 Å². The summed E-state index contributed by atoms with van der Waals surface area (Å²) in [4.78, 5) is 45.7. The number of thiophene rings is 1. The monoisotopic (exact) mass is 416 g/mol. The number of quaternary nitrogens is 1. The number of methoxy groups -OCH3 is 2. The smallest absolute Gasteiger partial charge is 0.348 e. The van der Waals surface area contributed by atoms with Crippen LogP contribution in [0.5, 0.6) is 0 Å². The number of H-pyrrole nitrogens is 1. The lowest BCUT2D eigenvalue weighted by Crippen LogP contribution is -3.06. The maximum Gasteiger partial charge on any atom is 0.348 e. The second-order valence-electron chi connectivity index (χ2n) is 6.64. The first-order valence-electron chi connectivity index (χ1n) is 8.97. The molecule has 0 saturated carbocycles. The molecule has 3 rings (SSSR count). The normalized spacial score (nSPS) is 12.0. The Morgan fingerprint density at radius 1 is 1.14 bits per heavy atom. The van der Waals surface area contributed by atoms with E-state index < -0.39 is 11.9 Å². The summed E-state index contributed by atoms with van der Waals surface area (Å²) in [7, 11) is 4.51. The SMILES string of the molecule is COC(=O)Cc1c(C(=O)OC)sc2nc(C[NH+](C)Cc3ccccc3)[nH]c(=O)c12. The number of carbonyl (C=O) groups excluding carboxylic acids is 2. The molecule has 8 nitrogen and oxygen atoms in total. The van der Waals surface area contributed by atoms with Gasteiger partial charge in [0.25, 0.3) is 5.56 Å². The van der Waals surface area contributed by atoms with Crippen LogP contribution in [0.3, 0.4) is 0 Å². The van der Waals surface area contributed by atoms with Crippen molar-refractivity contribution >= 4 is 33.5 Å². The molecule has 3 aromatic rings. The number of esters is 2. The molecular weight excluding hydrogens is 394 g/mol. The molecule has 1 aromatic carbocycles. The zero-order valence-electron chi connectivity index (χ0n) is 16.4. The second-order valence-corrected chi connectivity index (χ2v) is 7.64. The van der Waals surface area contributed by atoms with E-state index in [9.17, 15) is 14.4 Å². The molecule has 29 heavy (non-hydrogen) atoms. The number of rotatable bonds is 7. The molecule has 0 aliphatic carbocycles. The molecule has 1 atom stereocenters. The van der Waals surface area contributed by atoms with E-state index in [1.54, 1.807) is 0 Å². The predicted octanol–water partition coefficient (Wildman–Crippen LogP) is 0.702. The van der Waals surface area contributed by atoms with Crippen LogP contribution in [-0.2, 0) is 33.8 Å². The van der Waals surface area contributed by atoms with Crippen molar-refractivity contribution in [3.8, 4) is 0 Å². The van der Waals surface area contributed by atoms with E-state index in [0.717, 1.165) is 22.8 Å². The summed E-state index contributed by atoms with van der Waals surface area (Å²) in [6, 6.07) is 10.0. The van der Waals surface area contributed by atoms with Crippen molar-refractivity contribution in [1.29, 1.82) is 0 Å². The van der Waals surface area contributed by atoms with E-state index in [1.807, 2.05) is 37.4 Å². The standard InChI is InChI=1S/C20H21N3O5S/c1-23(10-12-7-5-4-6-8-12)11-14-21-18(25)16-13(9-15(24)27-2)17(20(26)28-3)29-19(16)22-14/h4-8H,9-11H2,1-3H3,(H,21,22,25)/p+1. The Morgan fingerprint density at radius 3 is 2.52 bits per heavy atom. The average Bonchev–Trinajstić information content (AvgIpc) is 3.06. The molecule has 0 spiro atoms. The summed E-state index contributed by atoms with van der Waals surface area (Å²) in [5.41, 5.74) is 1.08. The van der Waals surface area contributed by atoms with E-state index in [4.69, 9.17) is 9.47 Å². The van der Waals surface area contributed by atoms with Gasteiger partial charge in [-0.2, -0.15) is 0 Å². The molecular formula is C20H22N3O5S+. The van der Waals surface area contributed by atoms with Crippen LogP contribution in [0.2, 0.25) is 0 Å². The highest BCUT2D eigenvalue weighted by molar-refractivity contribution is 7.20. The third-order valence-corrected chi connectivity index (χ3v) is 5.55. The van der Waals surface area contributed by atoms with Gasteiger partial charge in [-0.3, -0.25) is 9.59 Å². The molecule has 0 radical (unpaired) electrons. The summed E-state index contributed by atoms with van der Waals surface area (Å²) < 4.78 is 9.49. The van der Waals surface area contributed by atoms with Crippen molar-refractivity contribution in [3.05, 3.63) is 62.5 Å². The van der Waals surface area contributed by atoms with E-state index in [-0.39, 0.29) is 27.8 Å². The summed E-state index contributed by atoms with van der Waals surface area (Å²) in [6.07, 6.45) is -0.204. The van der Waals surface area contributed by atoms with Gasteiger partial charge in [-0.15, -0.1) is 11.3 Å². The molecule has 9 heteroatoms. The predicted molar refractivity (Wildman–Crippen MR) is 108 cm³/mol. The van der Waals surface area contributed by atoms with E-state index in [0.29, 0.717) is 17.2 Å². The van der Waals surface area contributed by atoms with Gasteiger partial charge in [-0.1, -0.05) is 30.3 Å². The fraction of sp³-hybridized carbons (Fsp3) is 0.300. The third-order valence-electron chi connectivity index (χ3n) is 4.45. The highest BCUT2D eigenvalue weighted by Crippen LogP contribution is 2.29. The van der Waals surface area contributed by atoms with Gasteiger partial charge in [0, 0.05) is 11.1 Å². The van der Waals surface area contributed by atoms with Gasteiger partial charge < -0.3 is 19.4 Å². The number of fused-ring (bicyclic) bond motifs is 1. The van der Waals surface area contributed by atoms with Gasteiger partial charge in [0.1, 0.15) is 22.8 Å². The van der Waals surface area contributed by atoms with Gasteiger partial charge in [-0.05, 0) is 0 Å². The van der Waals surface area contributed by atoms with E-state index in [2.05, 4.69) is 9.97 Å². The van der Waals surface area contributed by atoms with Crippen molar-refractivity contribution in [2.75, 3.05) is 21.3 Å². The molecule has 0 aliphatic rings. The topological polar surface area (TPSA) is 103 Å². The zero-order chi connectivity index (χ0) is 21.0. The minimum atomic E-state index is -0.611. The van der Waals surface area contributed by atoms with Gasteiger partial charge >= 0.3 is 11.9 Å². The highest BCUT2D eigenvalue weighted by Gasteiger charge is 2.25. The van der Waals surface area contributed by atoms with E-state index >= 15 is 0 Å². The first kappa shape index (κ1) is 20.7. The Balaban J connectivity index is 1.95. The number of benzene rings is 1. The fourth-order valence-electron chi connectivity index (χ4n) is 3.13. The van der Waals surface area contributed by atoms with Crippen LogP contribution in [-0.4, -0.2) is 43.2 Å². The molecule has 2 N–H and O–H groups in total. The van der Waals surface area contributed by atoms with Crippen molar-refractivity contribution < 1.29 is 24.0 Å². The minimum absolute atomic E-state index is 0.188. The maximum atomic E-state index is 12.8. The Bertz CT molecular complexity index is 1090. The fourth-order valence-corrected chi connectivity index (χ4v) is 4.26. The molecule has 1 unspecified atom stereocenters. The number of hydrogen-bond acceptors (Lipinski definition) is 7. The number of hydrogen-bond donors (Lipinski definition) is 2. The number of aromatic nitrogens is 2. The molecule has 152 valence electrons. The van der Waals surface area contributed by atoms with Crippen molar-refractivity contribution in [3.63, 3.8) is 0 Å². The van der Waals surface area contributed by atoms with Gasteiger partial charge in [0.15, 0.2) is 5.82 Å². The molecule has 0 amide bonds. The van der Waals surface area contributed by atoms with Crippen LogP contribution >= 0.6 is 11.3 Å². The highest BCUT2D eigenvalue weighted by atomic mass is 32.1. The van der Waals surface area contributed by atoms with Gasteiger partial charge in [0.05, 0.1) is 33.1 Å². The number of nitrogens with zero attached hydrogens (tertiary/aromatic N) is 1. The number of aromatic amines is 1. The van der Waals surface area contributed by atoms with Crippen LogP contribution in [0.25, 0.3) is 10.2 Å². The largest absolute Gasteiger partial charge is 0.469 e. The Hall–Kier alpha value is -3.04. The third kappa shape index (κ3) is 4.69. The summed E-state index contributed by atoms with van der Waals surface area (Å²) in [5.74, 6) is -0.650. The van der Waals surface area contributed by atoms with Crippen molar-refractivity contribution in [2.45, 2.75) is 19.5 Å². The molecule has 0 saturated heterocycles. The molecule has 2 aromatic heterocycles. The first-order chi connectivity index (χ1) is 13.9. The minimum Gasteiger partial charge on any atom is -0.469 e.